The Morgan fingerprint density at radius 2 is 2.00 bits per heavy atom. The number of hydrogen-bond acceptors (Lipinski definition) is 4. The number of carbonyl (C=O) groups is 2. The van der Waals surface area contributed by atoms with Crippen molar-refractivity contribution in [3.8, 4) is 0 Å². The minimum Gasteiger partial charge on any atom is -0.442 e. The molecule has 0 unspecified atom stereocenters. The molecule has 0 aromatic carbocycles. The molecule has 0 aliphatic carbocycles. The van der Waals surface area contributed by atoms with E-state index in [4.69, 9.17) is 4.74 Å². The standard InChI is InChI=1S/C7H12N2O3S/c1-7(2,3)12-6(11)8-4-5(10)9-13/h4,13H,1-3H3,(H,9,10). The van der Waals surface area contributed by atoms with Crippen molar-refractivity contribution >= 4 is 31.0 Å². The van der Waals surface area contributed by atoms with Crippen molar-refractivity contribution in [2.24, 2.45) is 4.99 Å². The summed E-state index contributed by atoms with van der Waals surface area (Å²) in [7, 11) is 0. The molecule has 0 bridgehead atoms. The minimum absolute atomic E-state index is 0.575. The Labute approximate surface area is 82.1 Å². The third-order valence-corrected chi connectivity index (χ3v) is 1.01. The lowest BCUT2D eigenvalue weighted by Crippen LogP contribution is -2.23. The maximum absolute atomic E-state index is 10.9. The van der Waals surface area contributed by atoms with Crippen LogP contribution in [-0.2, 0) is 9.53 Å². The van der Waals surface area contributed by atoms with Gasteiger partial charge in [-0.05, 0) is 20.8 Å². The van der Waals surface area contributed by atoms with Crippen molar-refractivity contribution in [1.29, 1.82) is 0 Å². The number of ether oxygens (including phenoxy) is 1. The molecule has 0 saturated carbocycles. The predicted octanol–water partition coefficient (Wildman–Crippen LogP) is 0.953. The molecule has 0 aliphatic heterocycles. The highest BCUT2D eigenvalue weighted by molar-refractivity contribution is 7.78. The van der Waals surface area contributed by atoms with Gasteiger partial charge in [-0.15, -0.1) is 0 Å². The van der Waals surface area contributed by atoms with E-state index < -0.39 is 17.6 Å². The number of aliphatic imine (C=N–C) groups is 1. The zero-order chi connectivity index (χ0) is 10.5. The smallest absolute Gasteiger partial charge is 0.434 e. The summed E-state index contributed by atoms with van der Waals surface area (Å²) in [6.45, 7) is 5.12. The highest BCUT2D eigenvalue weighted by Crippen LogP contribution is 2.07. The van der Waals surface area contributed by atoms with E-state index in [9.17, 15) is 9.59 Å². The van der Waals surface area contributed by atoms with Crippen LogP contribution in [0.2, 0.25) is 0 Å². The van der Waals surface area contributed by atoms with E-state index in [0.717, 1.165) is 6.21 Å². The van der Waals surface area contributed by atoms with Crippen LogP contribution >= 0.6 is 12.8 Å². The summed E-state index contributed by atoms with van der Waals surface area (Å²) in [4.78, 5) is 24.6. The lowest BCUT2D eigenvalue weighted by Gasteiger charge is -2.16. The van der Waals surface area contributed by atoms with E-state index >= 15 is 0 Å². The lowest BCUT2D eigenvalue weighted by molar-refractivity contribution is -0.112. The zero-order valence-electron chi connectivity index (χ0n) is 7.70. The summed E-state index contributed by atoms with van der Waals surface area (Å²) in [5.74, 6) is -0.575. The molecule has 0 atom stereocenters. The van der Waals surface area contributed by atoms with Gasteiger partial charge in [0.05, 0.1) is 0 Å². The summed E-state index contributed by atoms with van der Waals surface area (Å²) in [5, 5.41) is 0. The van der Waals surface area contributed by atoms with Crippen LogP contribution < -0.4 is 4.72 Å². The first kappa shape index (κ1) is 12.0. The molecule has 0 fully saturated rings. The van der Waals surface area contributed by atoms with Gasteiger partial charge in [-0.2, -0.15) is 4.99 Å². The van der Waals surface area contributed by atoms with E-state index in [0.29, 0.717) is 0 Å². The van der Waals surface area contributed by atoms with E-state index in [1.165, 1.54) is 0 Å². The second-order valence-corrected chi connectivity index (χ2v) is 3.44. The van der Waals surface area contributed by atoms with E-state index in [1.807, 2.05) is 4.72 Å². The predicted molar refractivity (Wildman–Crippen MR) is 51.9 cm³/mol. The fourth-order valence-corrected chi connectivity index (χ4v) is 0.486. The van der Waals surface area contributed by atoms with Crippen molar-refractivity contribution in [1.82, 2.24) is 4.72 Å². The molecule has 0 saturated heterocycles. The average molecular weight is 204 g/mol. The van der Waals surface area contributed by atoms with Gasteiger partial charge in [0.25, 0.3) is 5.91 Å². The Balaban J connectivity index is 4.02. The summed E-state index contributed by atoms with van der Waals surface area (Å²) < 4.78 is 6.77. The van der Waals surface area contributed by atoms with Gasteiger partial charge in [-0.1, -0.05) is 12.8 Å². The SMILES string of the molecule is CC(C)(C)OC(=O)N=CC(=O)NS. The van der Waals surface area contributed by atoms with Crippen molar-refractivity contribution in [3.05, 3.63) is 0 Å². The molecule has 0 heterocycles. The number of nitrogens with one attached hydrogen (secondary N) is 1. The van der Waals surface area contributed by atoms with E-state index in [1.54, 1.807) is 20.8 Å². The van der Waals surface area contributed by atoms with Crippen molar-refractivity contribution in [3.63, 3.8) is 0 Å². The molecule has 0 radical (unpaired) electrons. The minimum atomic E-state index is -0.801. The van der Waals surface area contributed by atoms with Gasteiger partial charge >= 0.3 is 6.09 Å². The van der Waals surface area contributed by atoms with Gasteiger partial charge in [-0.3, -0.25) is 9.52 Å². The van der Waals surface area contributed by atoms with Crippen LogP contribution in [0, 0.1) is 0 Å². The van der Waals surface area contributed by atoms with Crippen LogP contribution in [0.4, 0.5) is 4.79 Å². The number of hydrogen-bond donors (Lipinski definition) is 2. The van der Waals surface area contributed by atoms with Crippen LogP contribution in [0.5, 0.6) is 0 Å². The van der Waals surface area contributed by atoms with Crippen LogP contribution in [0.1, 0.15) is 20.8 Å². The third-order valence-electron chi connectivity index (χ3n) is 0.791. The van der Waals surface area contributed by atoms with Gasteiger partial charge in [0.1, 0.15) is 11.8 Å². The molecule has 1 N–H and O–H groups in total. The Bertz CT molecular complexity index is 232. The van der Waals surface area contributed by atoms with Crippen LogP contribution in [0.15, 0.2) is 4.99 Å². The topological polar surface area (TPSA) is 67.8 Å². The third kappa shape index (κ3) is 7.32. The molecular weight excluding hydrogens is 192 g/mol. The average Bonchev–Trinajstić information content (AvgIpc) is 1.97. The number of rotatable bonds is 1. The monoisotopic (exact) mass is 204 g/mol. The number of amides is 2. The summed E-state index contributed by atoms with van der Waals surface area (Å²) >= 11 is 3.46. The largest absolute Gasteiger partial charge is 0.442 e. The molecule has 13 heavy (non-hydrogen) atoms. The van der Waals surface area contributed by atoms with Gasteiger partial charge in [0.15, 0.2) is 0 Å². The molecule has 0 spiro atoms. The van der Waals surface area contributed by atoms with E-state index in [2.05, 4.69) is 17.8 Å². The molecule has 5 nitrogen and oxygen atoms in total. The zero-order valence-corrected chi connectivity index (χ0v) is 8.59. The molecular formula is C7H12N2O3S. The van der Waals surface area contributed by atoms with E-state index in [-0.39, 0.29) is 0 Å². The quantitative estimate of drug-likeness (QED) is 0.493. The highest BCUT2D eigenvalue weighted by atomic mass is 32.1. The summed E-state index contributed by atoms with van der Waals surface area (Å²) in [5.41, 5.74) is -0.605. The van der Waals surface area contributed by atoms with Crippen molar-refractivity contribution in [2.45, 2.75) is 26.4 Å². The molecule has 0 aliphatic rings. The van der Waals surface area contributed by atoms with Crippen molar-refractivity contribution in [2.75, 3.05) is 0 Å². The maximum Gasteiger partial charge on any atom is 0.434 e. The highest BCUT2D eigenvalue weighted by Gasteiger charge is 2.14. The van der Waals surface area contributed by atoms with Crippen LogP contribution in [-0.4, -0.2) is 23.8 Å². The molecule has 2 amide bonds. The number of nitrogens with zero attached hydrogens (tertiary/aromatic N) is 1. The molecule has 74 valence electrons. The normalized spacial score (nSPS) is 11.4. The second-order valence-electron chi connectivity index (χ2n) is 3.21. The first-order chi connectivity index (χ1) is 5.85. The Morgan fingerprint density at radius 1 is 1.46 bits per heavy atom. The summed E-state index contributed by atoms with van der Waals surface area (Å²) in [6, 6.07) is 0. The molecule has 0 aromatic rings. The maximum atomic E-state index is 10.9. The Kier molecular flexibility index (Phi) is 4.47. The molecule has 6 heteroatoms. The fourth-order valence-electron chi connectivity index (χ4n) is 0.428. The Morgan fingerprint density at radius 3 is 2.38 bits per heavy atom. The summed E-state index contributed by atoms with van der Waals surface area (Å²) in [6.07, 6.45) is 0.00517. The number of carbonyl (C=O) groups excluding carboxylic acids is 2. The fraction of sp³-hybridized carbons (Fsp3) is 0.571. The van der Waals surface area contributed by atoms with Crippen molar-refractivity contribution < 1.29 is 14.3 Å². The van der Waals surface area contributed by atoms with Crippen LogP contribution in [0.3, 0.4) is 0 Å². The van der Waals surface area contributed by atoms with Crippen LogP contribution in [0.25, 0.3) is 0 Å². The first-order valence-electron chi connectivity index (χ1n) is 3.56. The Hall–Kier alpha value is -1.04. The number of thiol groups is 1. The second kappa shape index (κ2) is 4.86. The lowest BCUT2D eigenvalue weighted by atomic mass is 10.2. The van der Waals surface area contributed by atoms with Gasteiger partial charge < -0.3 is 4.74 Å². The molecule has 0 aromatic heterocycles. The molecule has 0 rings (SSSR count). The van der Waals surface area contributed by atoms with Gasteiger partial charge in [0.2, 0.25) is 0 Å². The van der Waals surface area contributed by atoms with Gasteiger partial charge in [-0.25, -0.2) is 4.79 Å². The van der Waals surface area contributed by atoms with Gasteiger partial charge in [0, 0.05) is 0 Å². The first-order valence-corrected chi connectivity index (χ1v) is 4.01.